The summed E-state index contributed by atoms with van der Waals surface area (Å²) in [5.74, 6) is 0.191. The summed E-state index contributed by atoms with van der Waals surface area (Å²) in [6.07, 6.45) is 4.09. The van der Waals surface area contributed by atoms with Crippen LogP contribution < -0.4 is 5.32 Å². The van der Waals surface area contributed by atoms with Crippen LogP contribution in [-0.4, -0.2) is 16.8 Å². The molecule has 0 aromatic rings. The van der Waals surface area contributed by atoms with Gasteiger partial charge in [0.1, 0.15) is 0 Å². The van der Waals surface area contributed by atoms with Crippen LogP contribution in [0.5, 0.6) is 0 Å². The molecule has 1 aliphatic rings. The van der Waals surface area contributed by atoms with Crippen molar-refractivity contribution < 1.29 is 4.79 Å². The minimum atomic E-state index is 0.0718. The topological polar surface area (TPSA) is 29.1 Å². The molecular formula is C11H20BrNO. The van der Waals surface area contributed by atoms with Crippen LogP contribution in [0.3, 0.4) is 0 Å². The van der Waals surface area contributed by atoms with E-state index in [9.17, 15) is 4.79 Å². The lowest BCUT2D eigenvalue weighted by Crippen LogP contribution is -2.55. The van der Waals surface area contributed by atoms with E-state index in [0.29, 0.717) is 6.42 Å². The predicted molar refractivity (Wildman–Crippen MR) is 62.6 cm³/mol. The molecule has 1 saturated carbocycles. The molecule has 3 heteroatoms. The standard InChI is InChI=1S/C11H20BrNO/c1-10(2,3)7-9(14)13-11(8-12)5-4-6-11/h4-8H2,1-3H3,(H,13,14). The fourth-order valence-corrected chi connectivity index (χ4v) is 2.42. The van der Waals surface area contributed by atoms with Crippen LogP contribution >= 0.6 is 15.9 Å². The minimum absolute atomic E-state index is 0.0718. The Morgan fingerprint density at radius 1 is 1.43 bits per heavy atom. The third-order valence-electron chi connectivity index (χ3n) is 2.66. The number of rotatable bonds is 3. The molecule has 0 aliphatic heterocycles. The van der Waals surface area contributed by atoms with E-state index in [1.807, 2.05) is 0 Å². The molecule has 1 N–H and O–H groups in total. The van der Waals surface area contributed by atoms with E-state index in [1.54, 1.807) is 0 Å². The number of carbonyl (C=O) groups is 1. The van der Waals surface area contributed by atoms with Crippen LogP contribution in [0.2, 0.25) is 0 Å². The minimum Gasteiger partial charge on any atom is -0.350 e. The van der Waals surface area contributed by atoms with E-state index in [2.05, 4.69) is 42.0 Å². The van der Waals surface area contributed by atoms with E-state index in [4.69, 9.17) is 0 Å². The lowest BCUT2D eigenvalue weighted by Gasteiger charge is -2.41. The second kappa shape index (κ2) is 4.21. The first-order chi connectivity index (χ1) is 6.37. The van der Waals surface area contributed by atoms with Crippen LogP contribution in [0.15, 0.2) is 0 Å². The molecular weight excluding hydrogens is 242 g/mol. The number of hydrogen-bond donors (Lipinski definition) is 1. The highest BCUT2D eigenvalue weighted by molar-refractivity contribution is 9.09. The van der Waals surface area contributed by atoms with Crippen LogP contribution in [0.1, 0.15) is 46.5 Å². The van der Waals surface area contributed by atoms with Crippen molar-refractivity contribution >= 4 is 21.8 Å². The van der Waals surface area contributed by atoms with Gasteiger partial charge in [0, 0.05) is 17.3 Å². The Kier molecular flexibility index (Phi) is 3.62. The van der Waals surface area contributed by atoms with Crippen molar-refractivity contribution in [2.24, 2.45) is 5.41 Å². The maximum Gasteiger partial charge on any atom is 0.220 e. The van der Waals surface area contributed by atoms with Crippen molar-refractivity contribution in [2.45, 2.75) is 52.0 Å². The number of hydrogen-bond acceptors (Lipinski definition) is 1. The predicted octanol–water partition coefficient (Wildman–Crippen LogP) is 2.86. The van der Waals surface area contributed by atoms with Gasteiger partial charge in [-0.25, -0.2) is 0 Å². The van der Waals surface area contributed by atoms with Gasteiger partial charge < -0.3 is 5.32 Å². The van der Waals surface area contributed by atoms with Crippen molar-refractivity contribution in [1.29, 1.82) is 0 Å². The van der Waals surface area contributed by atoms with Gasteiger partial charge in [-0.05, 0) is 24.7 Å². The second-order valence-corrected chi connectivity index (χ2v) is 6.11. The van der Waals surface area contributed by atoms with Crippen LogP contribution in [0, 0.1) is 5.41 Å². The Balaban J connectivity index is 2.40. The molecule has 2 nitrogen and oxygen atoms in total. The van der Waals surface area contributed by atoms with Crippen LogP contribution in [0.25, 0.3) is 0 Å². The van der Waals surface area contributed by atoms with Crippen molar-refractivity contribution in [1.82, 2.24) is 5.32 Å². The van der Waals surface area contributed by atoms with E-state index in [1.165, 1.54) is 6.42 Å². The third-order valence-corrected chi connectivity index (χ3v) is 3.74. The molecule has 0 spiro atoms. The molecule has 82 valence electrons. The van der Waals surface area contributed by atoms with E-state index in [-0.39, 0.29) is 16.9 Å². The first-order valence-electron chi connectivity index (χ1n) is 5.24. The third kappa shape index (κ3) is 3.26. The molecule has 0 heterocycles. The quantitative estimate of drug-likeness (QED) is 0.778. The van der Waals surface area contributed by atoms with Crippen molar-refractivity contribution in [3.63, 3.8) is 0 Å². The fourth-order valence-electron chi connectivity index (χ4n) is 1.72. The van der Waals surface area contributed by atoms with E-state index >= 15 is 0 Å². The second-order valence-electron chi connectivity index (χ2n) is 5.55. The Hall–Kier alpha value is -0.0500. The summed E-state index contributed by atoms with van der Waals surface area (Å²) in [4.78, 5) is 11.7. The largest absolute Gasteiger partial charge is 0.350 e. The zero-order valence-corrected chi connectivity index (χ0v) is 10.9. The molecule has 1 amide bonds. The van der Waals surface area contributed by atoms with Crippen molar-refractivity contribution in [3.05, 3.63) is 0 Å². The summed E-state index contributed by atoms with van der Waals surface area (Å²) < 4.78 is 0. The number of alkyl halides is 1. The van der Waals surface area contributed by atoms with Gasteiger partial charge in [0.2, 0.25) is 5.91 Å². The molecule has 0 saturated heterocycles. The first kappa shape index (κ1) is 12.0. The van der Waals surface area contributed by atoms with Crippen molar-refractivity contribution in [3.8, 4) is 0 Å². The summed E-state index contributed by atoms with van der Waals surface area (Å²) in [7, 11) is 0. The molecule has 14 heavy (non-hydrogen) atoms. The zero-order chi connectivity index (χ0) is 10.8. The molecule has 1 rings (SSSR count). The molecule has 0 aromatic carbocycles. The normalized spacial score (nSPS) is 20.0. The Labute approximate surface area is 95.0 Å². The van der Waals surface area contributed by atoms with E-state index in [0.717, 1.165) is 18.2 Å². The molecule has 1 fully saturated rings. The highest BCUT2D eigenvalue weighted by atomic mass is 79.9. The smallest absolute Gasteiger partial charge is 0.220 e. The molecule has 0 bridgehead atoms. The molecule has 0 radical (unpaired) electrons. The average molecular weight is 262 g/mol. The van der Waals surface area contributed by atoms with Gasteiger partial charge in [-0.15, -0.1) is 0 Å². The highest BCUT2D eigenvalue weighted by Gasteiger charge is 2.37. The lowest BCUT2D eigenvalue weighted by molar-refractivity contribution is -0.125. The summed E-state index contributed by atoms with van der Waals surface area (Å²) in [5.41, 5.74) is 0.156. The van der Waals surface area contributed by atoms with Crippen molar-refractivity contribution in [2.75, 3.05) is 5.33 Å². The van der Waals surface area contributed by atoms with Crippen LogP contribution in [-0.2, 0) is 4.79 Å². The molecule has 0 aromatic heterocycles. The molecule has 1 aliphatic carbocycles. The number of amides is 1. The van der Waals surface area contributed by atoms with Gasteiger partial charge in [0.05, 0.1) is 0 Å². The summed E-state index contributed by atoms with van der Waals surface area (Å²) >= 11 is 3.48. The summed E-state index contributed by atoms with van der Waals surface area (Å²) in [5, 5.41) is 4.04. The fraction of sp³-hybridized carbons (Fsp3) is 0.909. The van der Waals surface area contributed by atoms with E-state index < -0.39 is 0 Å². The first-order valence-corrected chi connectivity index (χ1v) is 6.36. The Morgan fingerprint density at radius 2 is 2.00 bits per heavy atom. The van der Waals surface area contributed by atoms with Crippen LogP contribution in [0.4, 0.5) is 0 Å². The molecule has 0 atom stereocenters. The van der Waals surface area contributed by atoms with Gasteiger partial charge in [0.25, 0.3) is 0 Å². The van der Waals surface area contributed by atoms with Gasteiger partial charge in [0.15, 0.2) is 0 Å². The maximum atomic E-state index is 11.7. The van der Waals surface area contributed by atoms with Gasteiger partial charge in [-0.1, -0.05) is 36.7 Å². The summed E-state index contributed by atoms with van der Waals surface area (Å²) in [6, 6.07) is 0. The Morgan fingerprint density at radius 3 is 2.29 bits per heavy atom. The number of nitrogens with one attached hydrogen (secondary N) is 1. The molecule has 0 unspecified atom stereocenters. The lowest BCUT2D eigenvalue weighted by atomic mass is 9.78. The van der Waals surface area contributed by atoms with Gasteiger partial charge in [-0.2, -0.15) is 0 Å². The zero-order valence-electron chi connectivity index (χ0n) is 9.32. The van der Waals surface area contributed by atoms with Gasteiger partial charge >= 0.3 is 0 Å². The SMILES string of the molecule is CC(C)(C)CC(=O)NC1(CBr)CCC1. The number of halogens is 1. The Bertz CT molecular complexity index is 210. The highest BCUT2D eigenvalue weighted by Crippen LogP contribution is 2.33. The monoisotopic (exact) mass is 261 g/mol. The average Bonchev–Trinajstić information content (AvgIpc) is 1.93. The maximum absolute atomic E-state index is 11.7. The number of carbonyl (C=O) groups excluding carboxylic acids is 1. The summed E-state index contributed by atoms with van der Waals surface area (Å²) in [6.45, 7) is 6.27. The van der Waals surface area contributed by atoms with Gasteiger partial charge in [-0.3, -0.25) is 4.79 Å².